The lowest BCUT2D eigenvalue weighted by molar-refractivity contribution is 0.0998. The fourth-order valence-corrected chi connectivity index (χ4v) is 1.72. The first-order valence-electron chi connectivity index (χ1n) is 5.93. The number of carbonyl (C=O) groups is 1. The average molecular weight is 267 g/mol. The molecule has 100 valence electrons. The minimum Gasteiger partial charge on any atom is -0.456 e. The molecule has 0 unspecified atom stereocenters. The Bertz CT molecular complexity index is 673. The molecule has 0 aromatic heterocycles. The van der Waals surface area contributed by atoms with Crippen molar-refractivity contribution in [2.75, 3.05) is 5.73 Å². The topological polar surface area (TPSA) is 102 Å². The van der Waals surface area contributed by atoms with Gasteiger partial charge in [-0.15, -0.1) is 0 Å². The van der Waals surface area contributed by atoms with Crippen LogP contribution in [0.15, 0.2) is 42.5 Å². The van der Waals surface area contributed by atoms with Crippen LogP contribution in [0.1, 0.15) is 15.9 Å². The van der Waals surface area contributed by atoms with E-state index >= 15 is 0 Å². The third-order valence-corrected chi connectivity index (χ3v) is 2.71. The molecule has 0 atom stereocenters. The van der Waals surface area contributed by atoms with Crippen LogP contribution in [0.5, 0.6) is 11.5 Å². The Morgan fingerprint density at radius 3 is 2.50 bits per heavy atom. The number of carbonyl (C=O) groups excluding carboxylic acids is 1. The number of benzene rings is 2. The summed E-state index contributed by atoms with van der Waals surface area (Å²) in [5.74, 6) is 0.270. The van der Waals surface area contributed by atoms with E-state index in [1.807, 2.05) is 0 Å². The molecule has 0 aliphatic rings. The van der Waals surface area contributed by atoms with Gasteiger partial charge in [-0.3, -0.25) is 4.79 Å². The first kappa shape index (κ1) is 13.4. The molecule has 0 aliphatic heterocycles. The predicted octanol–water partition coefficient (Wildman–Crippen LogP) is 2.23. The molecule has 2 aromatic carbocycles. The van der Waals surface area contributed by atoms with Crippen molar-refractivity contribution in [3.05, 3.63) is 53.6 Å². The van der Waals surface area contributed by atoms with Crippen LogP contribution in [-0.4, -0.2) is 5.91 Å². The Hall–Kier alpha value is -3.00. The normalized spacial score (nSPS) is 9.75. The second kappa shape index (κ2) is 5.76. The Morgan fingerprint density at radius 1 is 1.20 bits per heavy atom. The van der Waals surface area contributed by atoms with Gasteiger partial charge in [0.1, 0.15) is 11.5 Å². The molecule has 5 heteroatoms. The second-order valence-electron chi connectivity index (χ2n) is 4.20. The molecule has 0 saturated heterocycles. The van der Waals surface area contributed by atoms with Gasteiger partial charge in [0.05, 0.1) is 18.1 Å². The number of nitrogens with zero attached hydrogens (tertiary/aromatic N) is 1. The van der Waals surface area contributed by atoms with Crippen LogP contribution in [0.3, 0.4) is 0 Å². The van der Waals surface area contributed by atoms with Crippen molar-refractivity contribution in [2.24, 2.45) is 5.73 Å². The number of anilines is 1. The molecule has 2 rings (SSSR count). The van der Waals surface area contributed by atoms with Gasteiger partial charge in [-0.2, -0.15) is 5.26 Å². The summed E-state index contributed by atoms with van der Waals surface area (Å²) in [7, 11) is 0. The van der Waals surface area contributed by atoms with Crippen LogP contribution in [-0.2, 0) is 6.42 Å². The van der Waals surface area contributed by atoms with E-state index in [0.29, 0.717) is 23.6 Å². The van der Waals surface area contributed by atoms with Crippen molar-refractivity contribution < 1.29 is 9.53 Å². The highest BCUT2D eigenvalue weighted by Crippen LogP contribution is 2.27. The third kappa shape index (κ3) is 3.06. The van der Waals surface area contributed by atoms with E-state index in [0.717, 1.165) is 5.56 Å². The SMILES string of the molecule is N#CCc1ccc(Oc2cc(N)ccc2C(N)=O)cc1. The maximum atomic E-state index is 11.3. The molecule has 0 bridgehead atoms. The number of hydrogen-bond donors (Lipinski definition) is 2. The van der Waals surface area contributed by atoms with Crippen molar-refractivity contribution in [3.63, 3.8) is 0 Å². The molecule has 5 nitrogen and oxygen atoms in total. The lowest BCUT2D eigenvalue weighted by Crippen LogP contribution is -2.12. The number of nitrogens with two attached hydrogens (primary N) is 2. The predicted molar refractivity (Wildman–Crippen MR) is 75.2 cm³/mol. The van der Waals surface area contributed by atoms with E-state index in [1.54, 1.807) is 36.4 Å². The molecular weight excluding hydrogens is 254 g/mol. The Balaban J connectivity index is 2.27. The van der Waals surface area contributed by atoms with Gasteiger partial charge in [0.2, 0.25) is 0 Å². The monoisotopic (exact) mass is 267 g/mol. The summed E-state index contributed by atoms with van der Waals surface area (Å²) < 4.78 is 5.62. The summed E-state index contributed by atoms with van der Waals surface area (Å²) in [6.07, 6.45) is 0.338. The van der Waals surface area contributed by atoms with Crippen LogP contribution in [0, 0.1) is 11.3 Å². The first-order chi connectivity index (χ1) is 9.60. The van der Waals surface area contributed by atoms with Crippen LogP contribution >= 0.6 is 0 Å². The van der Waals surface area contributed by atoms with Gasteiger partial charge in [-0.25, -0.2) is 0 Å². The van der Waals surface area contributed by atoms with Gasteiger partial charge < -0.3 is 16.2 Å². The molecule has 4 N–H and O–H groups in total. The first-order valence-corrected chi connectivity index (χ1v) is 5.93. The third-order valence-electron chi connectivity index (χ3n) is 2.71. The fraction of sp³-hybridized carbons (Fsp3) is 0.0667. The van der Waals surface area contributed by atoms with Crippen molar-refractivity contribution in [3.8, 4) is 17.6 Å². The molecule has 0 heterocycles. The lowest BCUT2D eigenvalue weighted by atomic mass is 10.1. The summed E-state index contributed by atoms with van der Waals surface area (Å²) in [6, 6.07) is 13.7. The number of amides is 1. The maximum absolute atomic E-state index is 11.3. The molecule has 0 fully saturated rings. The van der Waals surface area contributed by atoms with Crippen LogP contribution in [0.2, 0.25) is 0 Å². The van der Waals surface area contributed by atoms with Crippen molar-refractivity contribution in [2.45, 2.75) is 6.42 Å². The van der Waals surface area contributed by atoms with Gasteiger partial charge in [0.25, 0.3) is 5.91 Å². The standard InChI is InChI=1S/C15H13N3O2/c16-8-7-10-1-4-12(5-2-10)20-14-9-11(17)3-6-13(14)15(18)19/h1-6,9H,7,17H2,(H2,18,19). The molecule has 20 heavy (non-hydrogen) atoms. The van der Waals surface area contributed by atoms with Gasteiger partial charge in [0, 0.05) is 11.8 Å². The van der Waals surface area contributed by atoms with Gasteiger partial charge in [-0.1, -0.05) is 12.1 Å². The molecule has 0 spiro atoms. The Kier molecular flexibility index (Phi) is 3.87. The smallest absolute Gasteiger partial charge is 0.252 e. The minimum atomic E-state index is -0.582. The Labute approximate surface area is 116 Å². The average Bonchev–Trinajstić information content (AvgIpc) is 2.41. The molecular formula is C15H13N3O2. The number of ether oxygens (including phenoxy) is 1. The van der Waals surface area contributed by atoms with Crippen LogP contribution in [0.4, 0.5) is 5.69 Å². The number of rotatable bonds is 4. The van der Waals surface area contributed by atoms with E-state index in [4.69, 9.17) is 21.5 Å². The van der Waals surface area contributed by atoms with Crippen molar-refractivity contribution >= 4 is 11.6 Å². The molecule has 0 aliphatic carbocycles. The van der Waals surface area contributed by atoms with E-state index in [1.165, 1.54) is 6.07 Å². The zero-order chi connectivity index (χ0) is 14.5. The van der Waals surface area contributed by atoms with Gasteiger partial charge >= 0.3 is 0 Å². The number of hydrogen-bond acceptors (Lipinski definition) is 4. The number of primary amides is 1. The maximum Gasteiger partial charge on any atom is 0.252 e. The molecule has 1 amide bonds. The summed E-state index contributed by atoms with van der Waals surface area (Å²) in [5.41, 5.74) is 12.6. The molecule has 0 radical (unpaired) electrons. The summed E-state index contributed by atoms with van der Waals surface area (Å²) in [4.78, 5) is 11.3. The highest BCUT2D eigenvalue weighted by atomic mass is 16.5. The lowest BCUT2D eigenvalue weighted by Gasteiger charge is -2.10. The summed E-state index contributed by atoms with van der Waals surface area (Å²) in [6.45, 7) is 0. The van der Waals surface area contributed by atoms with E-state index in [2.05, 4.69) is 6.07 Å². The van der Waals surface area contributed by atoms with E-state index in [-0.39, 0.29) is 5.56 Å². The van der Waals surface area contributed by atoms with Crippen LogP contribution in [0.25, 0.3) is 0 Å². The highest BCUT2D eigenvalue weighted by molar-refractivity contribution is 5.96. The van der Waals surface area contributed by atoms with Crippen LogP contribution < -0.4 is 16.2 Å². The number of nitriles is 1. The quantitative estimate of drug-likeness (QED) is 0.829. The summed E-state index contributed by atoms with van der Waals surface area (Å²) in [5, 5.41) is 8.61. The number of nitrogen functional groups attached to an aromatic ring is 1. The fourth-order valence-electron chi connectivity index (χ4n) is 1.72. The van der Waals surface area contributed by atoms with Gasteiger partial charge in [-0.05, 0) is 29.8 Å². The minimum absolute atomic E-state index is 0.264. The van der Waals surface area contributed by atoms with Gasteiger partial charge in [0.15, 0.2) is 0 Å². The second-order valence-corrected chi connectivity index (χ2v) is 4.20. The largest absolute Gasteiger partial charge is 0.456 e. The summed E-state index contributed by atoms with van der Waals surface area (Å²) >= 11 is 0. The van der Waals surface area contributed by atoms with Crippen molar-refractivity contribution in [1.82, 2.24) is 0 Å². The zero-order valence-corrected chi connectivity index (χ0v) is 10.7. The Morgan fingerprint density at radius 2 is 1.90 bits per heavy atom. The molecule has 2 aromatic rings. The van der Waals surface area contributed by atoms with E-state index in [9.17, 15) is 4.79 Å². The molecule has 0 saturated carbocycles. The van der Waals surface area contributed by atoms with Crippen molar-refractivity contribution in [1.29, 1.82) is 5.26 Å². The zero-order valence-electron chi connectivity index (χ0n) is 10.7. The van der Waals surface area contributed by atoms with E-state index < -0.39 is 5.91 Å². The highest BCUT2D eigenvalue weighted by Gasteiger charge is 2.10.